The number of allylic oxidation sites excluding steroid dienone is 5. The number of aromatic hydroxyl groups is 1. The fourth-order valence-corrected chi connectivity index (χ4v) is 2.96. The van der Waals surface area contributed by atoms with E-state index in [0.717, 1.165) is 6.29 Å². The van der Waals surface area contributed by atoms with E-state index in [9.17, 15) is 19.5 Å². The Kier molecular flexibility index (Phi) is 4.17. The van der Waals surface area contributed by atoms with Gasteiger partial charge in [-0.2, -0.15) is 0 Å². The van der Waals surface area contributed by atoms with Gasteiger partial charge in [-0.25, -0.2) is 0 Å². The third-order valence-electron chi connectivity index (χ3n) is 4.42. The first kappa shape index (κ1) is 16.9. The van der Waals surface area contributed by atoms with Gasteiger partial charge in [0.2, 0.25) is 5.78 Å². The van der Waals surface area contributed by atoms with E-state index in [2.05, 4.69) is 0 Å². The number of benzene rings is 1. The lowest BCUT2D eigenvalue weighted by atomic mass is 9.84. The van der Waals surface area contributed by atoms with Gasteiger partial charge in [0.25, 0.3) is 0 Å². The molecule has 5 nitrogen and oxygen atoms in total. The predicted octanol–water partition coefficient (Wildman–Crippen LogP) is 3.30. The van der Waals surface area contributed by atoms with Crippen LogP contribution in [-0.2, 0) is 9.53 Å². The smallest absolute Gasteiger partial charge is 0.229 e. The molecule has 0 spiro atoms. The van der Waals surface area contributed by atoms with Crippen LogP contribution in [0.15, 0.2) is 53.3 Å². The molecule has 0 amide bonds. The molecule has 1 aromatic carbocycles. The van der Waals surface area contributed by atoms with E-state index in [-0.39, 0.29) is 34.0 Å². The number of carbonyl (C=O) groups excluding carboxylic acids is 3. The Balaban J connectivity index is 1.89. The maximum Gasteiger partial charge on any atom is 0.229 e. The number of phenolic OH excluding ortho intramolecular Hbond substituents is 1. The van der Waals surface area contributed by atoms with Crippen molar-refractivity contribution in [3.8, 4) is 5.75 Å². The van der Waals surface area contributed by atoms with E-state index in [4.69, 9.17) is 4.74 Å². The van der Waals surface area contributed by atoms with Crippen molar-refractivity contribution < 1.29 is 24.2 Å². The average Bonchev–Trinajstić information content (AvgIpc) is 2.59. The Morgan fingerprint density at radius 2 is 2.00 bits per heavy atom. The van der Waals surface area contributed by atoms with Crippen LogP contribution >= 0.6 is 0 Å². The van der Waals surface area contributed by atoms with Gasteiger partial charge in [-0.15, -0.1) is 0 Å². The molecule has 25 heavy (non-hydrogen) atoms. The lowest BCUT2D eigenvalue weighted by Crippen LogP contribution is -2.34. The normalized spacial score (nSPS) is 22.4. The number of ether oxygens (including phenoxy) is 1. The van der Waals surface area contributed by atoms with Crippen molar-refractivity contribution in [2.45, 2.75) is 32.3 Å². The molecular formula is C20H18O5. The minimum atomic E-state index is -0.747. The maximum atomic E-state index is 12.7. The van der Waals surface area contributed by atoms with E-state index >= 15 is 0 Å². The van der Waals surface area contributed by atoms with Gasteiger partial charge < -0.3 is 9.84 Å². The first-order valence-corrected chi connectivity index (χ1v) is 8.01. The molecule has 0 radical (unpaired) electrons. The van der Waals surface area contributed by atoms with Crippen LogP contribution < -0.4 is 0 Å². The first-order valence-electron chi connectivity index (χ1n) is 8.01. The van der Waals surface area contributed by atoms with Gasteiger partial charge in [0.1, 0.15) is 17.6 Å². The lowest BCUT2D eigenvalue weighted by molar-refractivity contribution is -0.104. The number of Topliss-reactive ketones (excluding diaryl/α,β-unsaturated/α-hetero) is 2. The summed E-state index contributed by atoms with van der Waals surface area (Å²) in [6, 6.07) is 4.12. The quantitative estimate of drug-likeness (QED) is 0.673. The van der Waals surface area contributed by atoms with Gasteiger partial charge in [-0.1, -0.05) is 6.08 Å². The van der Waals surface area contributed by atoms with Gasteiger partial charge in [-0.05, 0) is 62.6 Å². The molecule has 1 atom stereocenters. The molecule has 1 N–H and O–H groups in total. The van der Waals surface area contributed by atoms with Crippen molar-refractivity contribution in [3.05, 3.63) is 64.5 Å². The minimum absolute atomic E-state index is 0.0178. The average molecular weight is 338 g/mol. The lowest BCUT2D eigenvalue weighted by Gasteiger charge is -2.34. The molecular weight excluding hydrogens is 320 g/mol. The number of rotatable bonds is 4. The van der Waals surface area contributed by atoms with Gasteiger partial charge >= 0.3 is 0 Å². The van der Waals surface area contributed by atoms with Crippen molar-refractivity contribution in [3.63, 3.8) is 0 Å². The second kappa shape index (κ2) is 6.16. The fourth-order valence-electron chi connectivity index (χ4n) is 2.96. The van der Waals surface area contributed by atoms with E-state index in [1.807, 2.05) is 6.92 Å². The van der Waals surface area contributed by atoms with E-state index < -0.39 is 11.4 Å². The zero-order valence-electron chi connectivity index (χ0n) is 14.0. The van der Waals surface area contributed by atoms with Crippen LogP contribution in [0.5, 0.6) is 5.75 Å². The molecule has 0 aromatic heterocycles. The highest BCUT2D eigenvalue weighted by molar-refractivity contribution is 6.27. The Bertz CT molecular complexity index is 872. The number of hydrogen-bond acceptors (Lipinski definition) is 5. The second-order valence-electron chi connectivity index (χ2n) is 6.48. The topological polar surface area (TPSA) is 80.7 Å². The van der Waals surface area contributed by atoms with Crippen molar-refractivity contribution >= 4 is 17.9 Å². The molecule has 1 aromatic rings. The highest BCUT2D eigenvalue weighted by Crippen LogP contribution is 2.37. The summed E-state index contributed by atoms with van der Waals surface area (Å²) in [4.78, 5) is 36.0. The third-order valence-corrected chi connectivity index (χ3v) is 4.42. The van der Waals surface area contributed by atoms with Gasteiger partial charge in [0.15, 0.2) is 11.5 Å². The fraction of sp³-hybridized carbons (Fsp3) is 0.250. The van der Waals surface area contributed by atoms with Crippen molar-refractivity contribution in [2.24, 2.45) is 0 Å². The SMILES string of the molecule is C/C(C=O)=C/CC[C@]1(C)C=CC2=C(O1)C(=O)c1cc(O)ccc1C2=O. The zero-order valence-corrected chi connectivity index (χ0v) is 14.0. The maximum absolute atomic E-state index is 12.7. The molecule has 3 rings (SSSR count). The standard InChI is InChI=1S/C20H18O5/c1-12(11-21)4-3-8-20(2)9-7-15-17(23)14-6-5-13(22)10-16(14)18(24)19(15)25-20/h4-7,9-11,22H,3,8H2,1-2H3/b12-4-/t20-/m1/s1. The van der Waals surface area contributed by atoms with Crippen LogP contribution in [0.1, 0.15) is 47.4 Å². The zero-order chi connectivity index (χ0) is 18.2. The van der Waals surface area contributed by atoms with Crippen LogP contribution in [0.2, 0.25) is 0 Å². The van der Waals surface area contributed by atoms with E-state index in [1.54, 1.807) is 25.2 Å². The Labute approximate surface area is 145 Å². The summed E-state index contributed by atoms with van der Waals surface area (Å²) in [7, 11) is 0. The number of fused-ring (bicyclic) bond motifs is 1. The summed E-state index contributed by atoms with van der Waals surface area (Å²) >= 11 is 0. The van der Waals surface area contributed by atoms with Crippen LogP contribution in [0, 0.1) is 0 Å². The van der Waals surface area contributed by atoms with Crippen LogP contribution in [0.4, 0.5) is 0 Å². The molecule has 1 aliphatic carbocycles. The molecule has 0 fully saturated rings. The number of phenols is 1. The molecule has 2 aliphatic rings. The summed E-state index contributed by atoms with van der Waals surface area (Å²) in [6.45, 7) is 3.55. The van der Waals surface area contributed by atoms with Gasteiger partial charge in [0, 0.05) is 11.1 Å². The Morgan fingerprint density at radius 1 is 1.24 bits per heavy atom. The number of hydrogen-bond donors (Lipinski definition) is 1. The molecule has 128 valence electrons. The summed E-state index contributed by atoms with van der Waals surface area (Å²) in [5.74, 6) is -0.757. The van der Waals surface area contributed by atoms with Crippen LogP contribution in [0.25, 0.3) is 0 Å². The van der Waals surface area contributed by atoms with Gasteiger partial charge in [0.05, 0.1) is 5.57 Å². The number of ketones is 2. The van der Waals surface area contributed by atoms with Crippen molar-refractivity contribution in [1.29, 1.82) is 0 Å². The monoisotopic (exact) mass is 338 g/mol. The molecule has 1 aliphatic heterocycles. The van der Waals surface area contributed by atoms with E-state index in [1.165, 1.54) is 18.2 Å². The van der Waals surface area contributed by atoms with Crippen molar-refractivity contribution in [2.75, 3.05) is 0 Å². The molecule has 0 saturated heterocycles. The predicted molar refractivity (Wildman–Crippen MR) is 91.5 cm³/mol. The van der Waals surface area contributed by atoms with Crippen LogP contribution in [0.3, 0.4) is 0 Å². The largest absolute Gasteiger partial charge is 0.508 e. The first-order chi connectivity index (χ1) is 11.8. The molecule has 1 heterocycles. The van der Waals surface area contributed by atoms with Crippen molar-refractivity contribution in [1.82, 2.24) is 0 Å². The third kappa shape index (κ3) is 3.05. The van der Waals surface area contributed by atoms with Gasteiger partial charge in [-0.3, -0.25) is 14.4 Å². The second-order valence-corrected chi connectivity index (χ2v) is 6.48. The number of carbonyl (C=O) groups is 3. The summed E-state index contributed by atoms with van der Waals surface area (Å²) < 4.78 is 5.90. The summed E-state index contributed by atoms with van der Waals surface area (Å²) in [6.07, 6.45) is 7.15. The van der Waals surface area contributed by atoms with E-state index in [0.29, 0.717) is 18.4 Å². The minimum Gasteiger partial charge on any atom is -0.508 e. The highest BCUT2D eigenvalue weighted by atomic mass is 16.5. The Hall–Kier alpha value is -2.95. The molecule has 0 saturated carbocycles. The summed E-state index contributed by atoms with van der Waals surface area (Å²) in [5, 5.41) is 9.61. The molecule has 5 heteroatoms. The highest BCUT2D eigenvalue weighted by Gasteiger charge is 2.39. The number of aldehydes is 1. The molecule has 0 unspecified atom stereocenters. The Morgan fingerprint density at radius 3 is 2.72 bits per heavy atom. The van der Waals surface area contributed by atoms with Crippen LogP contribution in [-0.4, -0.2) is 28.6 Å². The molecule has 0 bridgehead atoms. The summed E-state index contributed by atoms with van der Waals surface area (Å²) in [5.41, 5.74) is 0.542.